The van der Waals surface area contributed by atoms with Gasteiger partial charge in [0.05, 0.1) is 17.1 Å². The third-order valence-electron chi connectivity index (χ3n) is 5.71. The summed E-state index contributed by atoms with van der Waals surface area (Å²) in [5.41, 5.74) is 4.99. The standard InChI is InChI=1S/C23H29N3/c1-18-11-13-20(14-12-18)17-26-22-10-6-5-9-21(22)24-23(26)19(2)25-15-7-3-4-8-16-25/h5-6,9-14,19H,3-4,7-8,15-17H2,1-2H3. The molecule has 3 nitrogen and oxygen atoms in total. The summed E-state index contributed by atoms with van der Waals surface area (Å²) in [7, 11) is 0. The number of aryl methyl sites for hydroxylation is 1. The molecule has 0 saturated carbocycles. The van der Waals surface area contributed by atoms with Crippen LogP contribution in [0.4, 0.5) is 0 Å². The molecule has 2 aromatic carbocycles. The molecule has 3 heteroatoms. The van der Waals surface area contributed by atoms with E-state index in [1.165, 1.54) is 61.2 Å². The second kappa shape index (κ2) is 7.63. The van der Waals surface area contributed by atoms with Crippen molar-refractivity contribution >= 4 is 11.0 Å². The maximum atomic E-state index is 5.05. The molecule has 1 fully saturated rings. The molecule has 0 bridgehead atoms. The number of benzene rings is 2. The molecule has 3 aromatic rings. The van der Waals surface area contributed by atoms with E-state index in [0.29, 0.717) is 6.04 Å². The van der Waals surface area contributed by atoms with Crippen molar-refractivity contribution in [3.63, 3.8) is 0 Å². The fourth-order valence-corrected chi connectivity index (χ4v) is 4.10. The Kier molecular flexibility index (Phi) is 5.07. The quantitative estimate of drug-likeness (QED) is 0.636. The van der Waals surface area contributed by atoms with Gasteiger partial charge in [0.15, 0.2) is 0 Å². The molecular formula is C23H29N3. The lowest BCUT2D eigenvalue weighted by Crippen LogP contribution is -2.30. The molecule has 0 aliphatic carbocycles. The molecule has 4 rings (SSSR count). The van der Waals surface area contributed by atoms with E-state index in [-0.39, 0.29) is 0 Å². The Balaban J connectivity index is 1.72. The first-order chi connectivity index (χ1) is 12.7. The van der Waals surface area contributed by atoms with Gasteiger partial charge in [-0.05, 0) is 57.5 Å². The number of hydrogen-bond donors (Lipinski definition) is 0. The zero-order valence-corrected chi connectivity index (χ0v) is 16.0. The summed E-state index contributed by atoms with van der Waals surface area (Å²) in [6.45, 7) is 7.74. The Morgan fingerprint density at radius 2 is 1.62 bits per heavy atom. The minimum Gasteiger partial charge on any atom is -0.322 e. The Labute approximate surface area is 156 Å². The SMILES string of the molecule is Cc1ccc(Cn2c(C(C)N3CCCCCC3)nc3ccccc32)cc1. The smallest absolute Gasteiger partial charge is 0.127 e. The van der Waals surface area contributed by atoms with Gasteiger partial charge in [0, 0.05) is 6.54 Å². The van der Waals surface area contributed by atoms with E-state index in [1.54, 1.807) is 0 Å². The molecule has 136 valence electrons. The highest BCUT2D eigenvalue weighted by Gasteiger charge is 2.23. The van der Waals surface area contributed by atoms with Crippen LogP contribution in [0, 0.1) is 6.92 Å². The van der Waals surface area contributed by atoms with Gasteiger partial charge in [-0.2, -0.15) is 0 Å². The number of para-hydroxylation sites is 2. The fourth-order valence-electron chi connectivity index (χ4n) is 4.10. The van der Waals surface area contributed by atoms with Crippen molar-refractivity contribution < 1.29 is 0 Å². The summed E-state index contributed by atoms with van der Waals surface area (Å²) in [5, 5.41) is 0. The molecule has 1 aliphatic heterocycles. The summed E-state index contributed by atoms with van der Waals surface area (Å²) in [6.07, 6.45) is 5.34. The van der Waals surface area contributed by atoms with Crippen LogP contribution in [0.1, 0.15) is 55.6 Å². The third kappa shape index (κ3) is 3.54. The largest absolute Gasteiger partial charge is 0.322 e. The van der Waals surface area contributed by atoms with Crippen LogP contribution in [-0.2, 0) is 6.54 Å². The van der Waals surface area contributed by atoms with E-state index < -0.39 is 0 Å². The van der Waals surface area contributed by atoms with Gasteiger partial charge in [-0.25, -0.2) is 4.98 Å². The molecule has 0 radical (unpaired) electrons. The van der Waals surface area contributed by atoms with E-state index in [4.69, 9.17) is 4.98 Å². The van der Waals surface area contributed by atoms with Gasteiger partial charge in [0.2, 0.25) is 0 Å². The normalized spacial score (nSPS) is 17.3. The molecule has 0 amide bonds. The number of imidazole rings is 1. The van der Waals surface area contributed by atoms with E-state index in [1.807, 2.05) is 0 Å². The Bertz CT molecular complexity index is 855. The first-order valence-electron chi connectivity index (χ1n) is 9.97. The van der Waals surface area contributed by atoms with E-state index in [2.05, 4.69) is 71.8 Å². The highest BCUT2D eigenvalue weighted by Crippen LogP contribution is 2.27. The van der Waals surface area contributed by atoms with Crippen LogP contribution < -0.4 is 0 Å². The molecular weight excluding hydrogens is 318 g/mol. The zero-order chi connectivity index (χ0) is 17.9. The van der Waals surface area contributed by atoms with Crippen molar-refractivity contribution in [2.75, 3.05) is 13.1 Å². The van der Waals surface area contributed by atoms with Gasteiger partial charge in [0.25, 0.3) is 0 Å². The molecule has 1 atom stereocenters. The highest BCUT2D eigenvalue weighted by molar-refractivity contribution is 5.76. The van der Waals surface area contributed by atoms with Gasteiger partial charge >= 0.3 is 0 Å². The summed E-state index contributed by atoms with van der Waals surface area (Å²) in [6, 6.07) is 17.8. The van der Waals surface area contributed by atoms with E-state index >= 15 is 0 Å². The second-order valence-electron chi connectivity index (χ2n) is 7.66. The zero-order valence-electron chi connectivity index (χ0n) is 16.0. The first-order valence-corrected chi connectivity index (χ1v) is 9.97. The number of hydrogen-bond acceptors (Lipinski definition) is 2. The summed E-state index contributed by atoms with van der Waals surface area (Å²) in [5.74, 6) is 1.20. The number of fused-ring (bicyclic) bond motifs is 1. The first kappa shape index (κ1) is 17.3. The van der Waals surface area contributed by atoms with Crippen LogP contribution in [0.3, 0.4) is 0 Å². The second-order valence-corrected chi connectivity index (χ2v) is 7.66. The summed E-state index contributed by atoms with van der Waals surface area (Å²) < 4.78 is 2.43. The highest BCUT2D eigenvalue weighted by atomic mass is 15.2. The molecule has 1 unspecified atom stereocenters. The number of rotatable bonds is 4. The van der Waals surface area contributed by atoms with Crippen molar-refractivity contribution in [2.24, 2.45) is 0 Å². The minimum atomic E-state index is 0.353. The lowest BCUT2D eigenvalue weighted by atomic mass is 10.1. The predicted molar refractivity (Wildman–Crippen MR) is 108 cm³/mol. The van der Waals surface area contributed by atoms with Gasteiger partial charge in [-0.1, -0.05) is 54.8 Å². The fraction of sp³-hybridized carbons (Fsp3) is 0.435. The Hall–Kier alpha value is -2.13. The van der Waals surface area contributed by atoms with Crippen molar-refractivity contribution in [3.05, 3.63) is 65.5 Å². The van der Waals surface area contributed by atoms with Gasteiger partial charge in [-0.15, -0.1) is 0 Å². The van der Waals surface area contributed by atoms with Gasteiger partial charge in [0.1, 0.15) is 5.82 Å². The van der Waals surface area contributed by atoms with Crippen molar-refractivity contribution in [1.29, 1.82) is 0 Å². The van der Waals surface area contributed by atoms with Crippen molar-refractivity contribution in [2.45, 2.75) is 52.1 Å². The van der Waals surface area contributed by atoms with Gasteiger partial charge < -0.3 is 4.57 Å². The van der Waals surface area contributed by atoms with Crippen molar-refractivity contribution in [1.82, 2.24) is 14.5 Å². The molecule has 1 saturated heterocycles. The van der Waals surface area contributed by atoms with E-state index in [9.17, 15) is 0 Å². The lowest BCUT2D eigenvalue weighted by Gasteiger charge is -2.27. The topological polar surface area (TPSA) is 21.1 Å². The molecule has 2 heterocycles. The number of nitrogens with zero attached hydrogens (tertiary/aromatic N) is 3. The lowest BCUT2D eigenvalue weighted by molar-refractivity contribution is 0.208. The van der Waals surface area contributed by atoms with Crippen LogP contribution in [0.25, 0.3) is 11.0 Å². The average molecular weight is 348 g/mol. The van der Waals surface area contributed by atoms with Crippen LogP contribution >= 0.6 is 0 Å². The Morgan fingerprint density at radius 3 is 2.35 bits per heavy atom. The molecule has 0 N–H and O–H groups in total. The number of likely N-dealkylation sites (tertiary alicyclic amines) is 1. The maximum Gasteiger partial charge on any atom is 0.127 e. The average Bonchev–Trinajstić information content (AvgIpc) is 2.83. The minimum absolute atomic E-state index is 0.353. The van der Waals surface area contributed by atoms with Crippen LogP contribution in [0.15, 0.2) is 48.5 Å². The van der Waals surface area contributed by atoms with Crippen LogP contribution in [0.2, 0.25) is 0 Å². The summed E-state index contributed by atoms with van der Waals surface area (Å²) in [4.78, 5) is 7.68. The van der Waals surface area contributed by atoms with Gasteiger partial charge in [-0.3, -0.25) is 4.90 Å². The van der Waals surface area contributed by atoms with Crippen LogP contribution in [-0.4, -0.2) is 27.5 Å². The predicted octanol–water partition coefficient (Wildman–Crippen LogP) is 5.33. The summed E-state index contributed by atoms with van der Waals surface area (Å²) >= 11 is 0. The molecule has 1 aliphatic rings. The van der Waals surface area contributed by atoms with Crippen molar-refractivity contribution in [3.8, 4) is 0 Å². The Morgan fingerprint density at radius 1 is 0.923 bits per heavy atom. The molecule has 0 spiro atoms. The third-order valence-corrected chi connectivity index (χ3v) is 5.71. The monoisotopic (exact) mass is 347 g/mol. The molecule has 1 aromatic heterocycles. The number of aromatic nitrogens is 2. The van der Waals surface area contributed by atoms with E-state index in [0.717, 1.165) is 12.1 Å². The molecule has 26 heavy (non-hydrogen) atoms. The van der Waals surface area contributed by atoms with Crippen LogP contribution in [0.5, 0.6) is 0 Å². The maximum absolute atomic E-state index is 5.05.